The van der Waals surface area contributed by atoms with Crippen LogP contribution in [0.15, 0.2) is 21.5 Å². The number of hydrogen-bond donors (Lipinski definition) is 1. The molecule has 3 rings (SSSR count). The van der Waals surface area contributed by atoms with Gasteiger partial charge in [0.05, 0.1) is 24.3 Å². The van der Waals surface area contributed by atoms with Crippen molar-refractivity contribution in [2.75, 3.05) is 24.8 Å². The molecule has 0 aliphatic carbocycles. The first-order valence-electron chi connectivity index (χ1n) is 7.83. The average Bonchev–Trinajstić information content (AvgIpc) is 3.21. The van der Waals surface area contributed by atoms with Gasteiger partial charge < -0.3 is 10.1 Å². The highest BCUT2D eigenvalue weighted by Gasteiger charge is 2.17. The molecule has 0 saturated heterocycles. The molecule has 0 spiro atoms. The number of ether oxygens (including phenoxy) is 1. The molecule has 0 aromatic carbocycles. The fourth-order valence-electron chi connectivity index (χ4n) is 2.37. The lowest BCUT2D eigenvalue weighted by Crippen LogP contribution is -2.26. The SMILES string of the molecule is COCCn1c(SCC(=O)Nc2nccs2)nc2sc(C)c(C)c2c1=O. The molecular formula is C16H18N4O3S3. The molecule has 0 unspecified atom stereocenters. The van der Waals surface area contributed by atoms with E-state index in [9.17, 15) is 9.59 Å². The minimum atomic E-state index is -0.184. The van der Waals surface area contributed by atoms with E-state index in [0.29, 0.717) is 33.7 Å². The summed E-state index contributed by atoms with van der Waals surface area (Å²) in [6, 6.07) is 0. The molecule has 1 N–H and O–H groups in total. The molecule has 0 radical (unpaired) electrons. The lowest BCUT2D eigenvalue weighted by atomic mass is 10.2. The number of nitrogens with one attached hydrogen (secondary N) is 1. The van der Waals surface area contributed by atoms with Crippen molar-refractivity contribution in [3.8, 4) is 0 Å². The van der Waals surface area contributed by atoms with Crippen molar-refractivity contribution in [1.29, 1.82) is 0 Å². The maximum atomic E-state index is 12.9. The number of aromatic nitrogens is 3. The molecule has 0 bridgehead atoms. The van der Waals surface area contributed by atoms with Gasteiger partial charge in [-0.15, -0.1) is 22.7 Å². The Bertz CT molecular complexity index is 979. The maximum absolute atomic E-state index is 12.9. The zero-order valence-electron chi connectivity index (χ0n) is 14.6. The molecule has 0 saturated carbocycles. The van der Waals surface area contributed by atoms with E-state index in [-0.39, 0.29) is 17.2 Å². The summed E-state index contributed by atoms with van der Waals surface area (Å²) in [5.41, 5.74) is 0.878. The maximum Gasteiger partial charge on any atom is 0.263 e. The number of hydrogen-bond acceptors (Lipinski definition) is 8. The average molecular weight is 411 g/mol. The second-order valence-electron chi connectivity index (χ2n) is 5.48. The Morgan fingerprint density at radius 2 is 2.23 bits per heavy atom. The summed E-state index contributed by atoms with van der Waals surface area (Å²) in [5, 5.41) is 6.26. The fourth-order valence-corrected chi connectivity index (χ4v) is 4.81. The van der Waals surface area contributed by atoms with Crippen LogP contribution in [0.1, 0.15) is 10.4 Å². The molecule has 3 aromatic rings. The summed E-state index contributed by atoms with van der Waals surface area (Å²) in [6.07, 6.45) is 1.63. The zero-order chi connectivity index (χ0) is 18.7. The van der Waals surface area contributed by atoms with Crippen LogP contribution in [-0.4, -0.2) is 39.9 Å². The number of carbonyl (C=O) groups is 1. The number of thiazole rings is 1. The summed E-state index contributed by atoms with van der Waals surface area (Å²) >= 11 is 4.10. The van der Waals surface area contributed by atoms with E-state index in [1.54, 1.807) is 23.3 Å². The van der Waals surface area contributed by atoms with Crippen LogP contribution in [0.2, 0.25) is 0 Å². The molecule has 3 heterocycles. The number of thiophene rings is 1. The van der Waals surface area contributed by atoms with Crippen LogP contribution in [0.25, 0.3) is 10.2 Å². The van der Waals surface area contributed by atoms with Crippen LogP contribution in [-0.2, 0) is 16.1 Å². The van der Waals surface area contributed by atoms with Gasteiger partial charge in [0.15, 0.2) is 10.3 Å². The Morgan fingerprint density at radius 1 is 1.42 bits per heavy atom. The summed E-state index contributed by atoms with van der Waals surface area (Å²) in [4.78, 5) is 35.5. The fraction of sp³-hybridized carbons (Fsp3) is 0.375. The third kappa shape index (κ3) is 3.98. The van der Waals surface area contributed by atoms with Crippen molar-refractivity contribution in [2.45, 2.75) is 25.5 Å². The number of rotatable bonds is 7. The molecule has 3 aromatic heterocycles. The first kappa shape index (κ1) is 19.0. The molecule has 7 nitrogen and oxygen atoms in total. The number of aryl methyl sites for hydroxylation is 2. The van der Waals surface area contributed by atoms with E-state index < -0.39 is 0 Å². The first-order valence-corrected chi connectivity index (χ1v) is 10.5. The molecule has 0 aliphatic rings. The van der Waals surface area contributed by atoms with Crippen LogP contribution in [0.4, 0.5) is 5.13 Å². The predicted octanol–water partition coefficient (Wildman–Crippen LogP) is 2.91. The summed E-state index contributed by atoms with van der Waals surface area (Å²) in [7, 11) is 1.59. The number of anilines is 1. The molecule has 0 aliphatic heterocycles. The van der Waals surface area contributed by atoms with Crippen LogP contribution < -0.4 is 10.9 Å². The number of carbonyl (C=O) groups excluding carboxylic acids is 1. The van der Waals surface area contributed by atoms with Crippen molar-refractivity contribution >= 4 is 55.7 Å². The van der Waals surface area contributed by atoms with E-state index in [1.807, 2.05) is 13.8 Å². The van der Waals surface area contributed by atoms with Crippen molar-refractivity contribution in [3.63, 3.8) is 0 Å². The van der Waals surface area contributed by atoms with Gasteiger partial charge >= 0.3 is 0 Å². The Balaban J connectivity index is 1.88. The minimum Gasteiger partial charge on any atom is -0.383 e. The second-order valence-corrected chi connectivity index (χ2v) is 8.52. The third-order valence-corrected chi connectivity index (χ3v) is 6.55. The molecule has 1 amide bonds. The molecule has 26 heavy (non-hydrogen) atoms. The van der Waals surface area contributed by atoms with Crippen molar-refractivity contribution in [2.24, 2.45) is 0 Å². The van der Waals surface area contributed by atoms with E-state index in [4.69, 9.17) is 4.74 Å². The highest BCUT2D eigenvalue weighted by atomic mass is 32.2. The monoisotopic (exact) mass is 410 g/mol. The Kier molecular flexibility index (Phi) is 6.07. The number of methoxy groups -OCH3 is 1. The van der Waals surface area contributed by atoms with Gasteiger partial charge in [-0.25, -0.2) is 9.97 Å². The quantitative estimate of drug-likeness (QED) is 0.476. The van der Waals surface area contributed by atoms with Crippen molar-refractivity contribution in [1.82, 2.24) is 14.5 Å². The normalized spacial score (nSPS) is 11.2. The van der Waals surface area contributed by atoms with E-state index in [0.717, 1.165) is 10.4 Å². The van der Waals surface area contributed by atoms with Gasteiger partial charge in [-0.2, -0.15) is 0 Å². The molecule has 0 atom stereocenters. The van der Waals surface area contributed by atoms with Crippen LogP contribution in [0.5, 0.6) is 0 Å². The van der Waals surface area contributed by atoms with Crippen molar-refractivity contribution < 1.29 is 9.53 Å². The van der Waals surface area contributed by atoms with Crippen LogP contribution in [0.3, 0.4) is 0 Å². The van der Waals surface area contributed by atoms with E-state index in [1.165, 1.54) is 34.4 Å². The topological polar surface area (TPSA) is 86.1 Å². The largest absolute Gasteiger partial charge is 0.383 e. The van der Waals surface area contributed by atoms with Gasteiger partial charge in [-0.05, 0) is 19.4 Å². The highest BCUT2D eigenvalue weighted by molar-refractivity contribution is 7.99. The Labute approximate surface area is 162 Å². The first-order chi connectivity index (χ1) is 12.5. The number of fused-ring (bicyclic) bond motifs is 1. The summed E-state index contributed by atoms with van der Waals surface area (Å²) in [5.74, 6) is -0.0375. The Morgan fingerprint density at radius 3 is 2.92 bits per heavy atom. The third-order valence-electron chi connectivity index (χ3n) is 3.78. The predicted molar refractivity (Wildman–Crippen MR) is 107 cm³/mol. The Hall–Kier alpha value is -1.75. The molecule has 10 heteroatoms. The minimum absolute atomic E-state index is 0.0864. The second kappa shape index (κ2) is 8.30. The molecule has 0 fully saturated rings. The van der Waals surface area contributed by atoms with Gasteiger partial charge in [0, 0.05) is 23.6 Å². The number of nitrogens with zero attached hydrogens (tertiary/aromatic N) is 3. The highest BCUT2D eigenvalue weighted by Crippen LogP contribution is 2.28. The smallest absolute Gasteiger partial charge is 0.263 e. The van der Waals surface area contributed by atoms with Crippen LogP contribution >= 0.6 is 34.4 Å². The lowest BCUT2D eigenvalue weighted by Gasteiger charge is -2.11. The van der Waals surface area contributed by atoms with Crippen molar-refractivity contribution in [3.05, 3.63) is 32.4 Å². The van der Waals surface area contributed by atoms with Crippen LogP contribution in [0, 0.1) is 13.8 Å². The van der Waals surface area contributed by atoms with Gasteiger partial charge in [0.2, 0.25) is 5.91 Å². The van der Waals surface area contributed by atoms with E-state index in [2.05, 4.69) is 15.3 Å². The van der Waals surface area contributed by atoms with Gasteiger partial charge in [-0.1, -0.05) is 11.8 Å². The molecular weight excluding hydrogens is 392 g/mol. The lowest BCUT2D eigenvalue weighted by molar-refractivity contribution is -0.113. The van der Waals surface area contributed by atoms with Gasteiger partial charge in [-0.3, -0.25) is 14.2 Å². The summed E-state index contributed by atoms with van der Waals surface area (Å²) < 4.78 is 6.71. The zero-order valence-corrected chi connectivity index (χ0v) is 17.0. The molecule has 138 valence electrons. The number of amides is 1. The van der Waals surface area contributed by atoms with E-state index >= 15 is 0 Å². The van der Waals surface area contributed by atoms with Gasteiger partial charge in [0.25, 0.3) is 5.56 Å². The van der Waals surface area contributed by atoms with Gasteiger partial charge in [0.1, 0.15) is 4.83 Å². The number of thioether (sulfide) groups is 1. The standard InChI is InChI=1S/C16H18N4O3S3/c1-9-10(2)26-13-12(9)14(22)20(5-6-23-3)16(19-13)25-8-11(21)18-15-17-4-7-24-15/h4,7H,5-6,8H2,1-3H3,(H,17,18,21). The summed E-state index contributed by atoms with van der Waals surface area (Å²) in [6.45, 7) is 4.71.